The number of nitrogens with one attached hydrogen (secondary N) is 1. The molecule has 8 heteroatoms. The number of aromatic nitrogens is 4. The molecule has 0 aromatic carbocycles. The molecule has 1 unspecified atom stereocenters. The van der Waals surface area contributed by atoms with E-state index in [2.05, 4.69) is 56.2 Å². The fourth-order valence-electron chi connectivity index (χ4n) is 3.25. The lowest BCUT2D eigenvalue weighted by Crippen LogP contribution is -2.12. The SMILES string of the molecule is CCC(c1cccs1)n1ccnc1-c1cc2n(n1)CCCNC2.Cl.Cl. The van der Waals surface area contributed by atoms with Crippen molar-refractivity contribution < 1.29 is 0 Å². The normalized spacial score (nSPS) is 14.8. The molecule has 3 aromatic rings. The molecule has 0 saturated carbocycles. The first kappa shape index (κ1) is 20.0. The summed E-state index contributed by atoms with van der Waals surface area (Å²) >= 11 is 1.80. The van der Waals surface area contributed by atoms with E-state index in [9.17, 15) is 0 Å². The Labute approximate surface area is 164 Å². The Balaban J connectivity index is 0.00000113. The summed E-state index contributed by atoms with van der Waals surface area (Å²) in [6, 6.07) is 6.82. The highest BCUT2D eigenvalue weighted by Crippen LogP contribution is 2.30. The average Bonchev–Trinajstić information content (AvgIpc) is 3.28. The minimum absolute atomic E-state index is 0. The molecule has 0 radical (unpaired) electrons. The van der Waals surface area contributed by atoms with Crippen LogP contribution in [0.5, 0.6) is 0 Å². The molecule has 5 nitrogen and oxygen atoms in total. The van der Waals surface area contributed by atoms with Crippen molar-refractivity contribution in [3.63, 3.8) is 0 Å². The lowest BCUT2D eigenvalue weighted by molar-refractivity contribution is 0.572. The zero-order valence-electron chi connectivity index (χ0n) is 14.1. The lowest BCUT2D eigenvalue weighted by atomic mass is 10.2. The maximum atomic E-state index is 4.81. The minimum Gasteiger partial charge on any atom is -0.321 e. The minimum atomic E-state index is 0. The van der Waals surface area contributed by atoms with Crippen molar-refractivity contribution in [2.24, 2.45) is 0 Å². The Bertz CT molecular complexity index is 757. The number of hydrogen-bond acceptors (Lipinski definition) is 4. The van der Waals surface area contributed by atoms with Gasteiger partial charge in [0.1, 0.15) is 5.69 Å². The van der Waals surface area contributed by atoms with Crippen LogP contribution >= 0.6 is 36.2 Å². The number of halogens is 2. The third-order valence-electron chi connectivity index (χ3n) is 4.38. The van der Waals surface area contributed by atoms with Crippen LogP contribution in [0.25, 0.3) is 11.5 Å². The maximum Gasteiger partial charge on any atom is 0.161 e. The second kappa shape index (κ2) is 8.85. The van der Waals surface area contributed by atoms with E-state index in [0.29, 0.717) is 6.04 Å². The van der Waals surface area contributed by atoms with Gasteiger partial charge in [-0.15, -0.1) is 36.2 Å². The van der Waals surface area contributed by atoms with Crippen LogP contribution < -0.4 is 5.32 Å². The summed E-state index contributed by atoms with van der Waals surface area (Å²) in [7, 11) is 0. The van der Waals surface area contributed by atoms with Crippen molar-refractivity contribution in [3.8, 4) is 11.5 Å². The lowest BCUT2D eigenvalue weighted by Gasteiger charge is -2.17. The second-order valence-electron chi connectivity index (χ2n) is 5.87. The van der Waals surface area contributed by atoms with Crippen molar-refractivity contribution in [1.29, 1.82) is 0 Å². The molecule has 1 aliphatic heterocycles. The Morgan fingerprint density at radius 1 is 1.36 bits per heavy atom. The second-order valence-corrected chi connectivity index (χ2v) is 6.85. The van der Waals surface area contributed by atoms with E-state index < -0.39 is 0 Å². The third kappa shape index (κ3) is 3.92. The summed E-state index contributed by atoms with van der Waals surface area (Å²) in [5.41, 5.74) is 2.22. The number of thiophene rings is 1. The molecule has 0 bridgehead atoms. The van der Waals surface area contributed by atoms with Gasteiger partial charge in [-0.3, -0.25) is 4.68 Å². The third-order valence-corrected chi connectivity index (χ3v) is 5.36. The molecule has 0 amide bonds. The number of aryl methyl sites for hydroxylation is 1. The van der Waals surface area contributed by atoms with Gasteiger partial charge in [-0.05, 0) is 36.9 Å². The van der Waals surface area contributed by atoms with Gasteiger partial charge in [0.15, 0.2) is 5.82 Å². The summed E-state index contributed by atoms with van der Waals surface area (Å²) in [6.07, 6.45) is 6.12. The molecular formula is C17H23Cl2N5S. The van der Waals surface area contributed by atoms with Gasteiger partial charge in [-0.1, -0.05) is 13.0 Å². The van der Waals surface area contributed by atoms with E-state index in [1.54, 1.807) is 11.3 Å². The quantitative estimate of drug-likeness (QED) is 0.716. The standard InChI is InChI=1S/C17H21N5S.2ClH/c1-2-15(16-5-3-10-23-16)21-9-7-19-17(21)14-11-13-12-18-6-4-8-22(13)20-14;;/h3,5,7,9-11,15,18H,2,4,6,8,12H2,1H3;2*1H. The number of hydrogen-bond donors (Lipinski definition) is 1. The van der Waals surface area contributed by atoms with Crippen molar-refractivity contribution in [1.82, 2.24) is 24.6 Å². The van der Waals surface area contributed by atoms with Crippen molar-refractivity contribution in [2.45, 2.75) is 38.9 Å². The van der Waals surface area contributed by atoms with Crippen molar-refractivity contribution in [3.05, 3.63) is 46.5 Å². The van der Waals surface area contributed by atoms with Crippen LogP contribution in [0, 0.1) is 0 Å². The number of imidazole rings is 1. The monoisotopic (exact) mass is 399 g/mol. The molecule has 3 aromatic heterocycles. The van der Waals surface area contributed by atoms with E-state index in [1.165, 1.54) is 10.6 Å². The number of rotatable bonds is 4. The largest absolute Gasteiger partial charge is 0.321 e. The highest BCUT2D eigenvalue weighted by molar-refractivity contribution is 7.10. The Kier molecular flexibility index (Phi) is 7.07. The van der Waals surface area contributed by atoms with Crippen LogP contribution in [0.3, 0.4) is 0 Å². The molecule has 136 valence electrons. The summed E-state index contributed by atoms with van der Waals surface area (Å²) in [5, 5.41) is 10.4. The predicted molar refractivity (Wildman–Crippen MR) is 107 cm³/mol. The summed E-state index contributed by atoms with van der Waals surface area (Å²) in [6.45, 7) is 5.14. The average molecular weight is 400 g/mol. The van der Waals surface area contributed by atoms with Gasteiger partial charge in [0.05, 0.1) is 11.7 Å². The van der Waals surface area contributed by atoms with E-state index >= 15 is 0 Å². The highest BCUT2D eigenvalue weighted by Gasteiger charge is 2.20. The zero-order chi connectivity index (χ0) is 15.6. The van der Waals surface area contributed by atoms with E-state index in [4.69, 9.17) is 5.10 Å². The van der Waals surface area contributed by atoms with Gasteiger partial charge >= 0.3 is 0 Å². The molecule has 4 rings (SSSR count). The molecule has 0 aliphatic carbocycles. The summed E-state index contributed by atoms with van der Waals surface area (Å²) < 4.78 is 4.39. The van der Waals surface area contributed by atoms with E-state index in [0.717, 1.165) is 44.0 Å². The van der Waals surface area contributed by atoms with Gasteiger partial charge in [0.25, 0.3) is 0 Å². The van der Waals surface area contributed by atoms with Crippen LogP contribution in [0.15, 0.2) is 36.0 Å². The van der Waals surface area contributed by atoms with E-state index in [1.807, 2.05) is 6.20 Å². The number of nitrogens with zero attached hydrogens (tertiary/aromatic N) is 4. The highest BCUT2D eigenvalue weighted by atomic mass is 35.5. The molecule has 0 saturated heterocycles. The van der Waals surface area contributed by atoms with Crippen LogP contribution in [0.4, 0.5) is 0 Å². The topological polar surface area (TPSA) is 47.7 Å². The Morgan fingerprint density at radius 2 is 2.24 bits per heavy atom. The maximum absolute atomic E-state index is 4.81. The molecular weight excluding hydrogens is 377 g/mol. The molecule has 1 aliphatic rings. The van der Waals surface area contributed by atoms with Gasteiger partial charge in [-0.25, -0.2) is 4.98 Å². The smallest absolute Gasteiger partial charge is 0.161 e. The fraction of sp³-hybridized carbons (Fsp3) is 0.412. The first-order valence-electron chi connectivity index (χ1n) is 8.21. The summed E-state index contributed by atoms with van der Waals surface area (Å²) in [4.78, 5) is 5.97. The zero-order valence-corrected chi connectivity index (χ0v) is 16.5. The van der Waals surface area contributed by atoms with Crippen molar-refractivity contribution in [2.75, 3.05) is 6.54 Å². The van der Waals surface area contributed by atoms with Crippen LogP contribution in [-0.4, -0.2) is 25.9 Å². The van der Waals surface area contributed by atoms with Crippen LogP contribution in [0.2, 0.25) is 0 Å². The van der Waals surface area contributed by atoms with Crippen LogP contribution in [0.1, 0.15) is 36.4 Å². The molecule has 0 spiro atoms. The Hall–Kier alpha value is -1.34. The molecule has 1 atom stereocenters. The fourth-order valence-corrected chi connectivity index (χ4v) is 4.16. The molecule has 1 N–H and O–H groups in total. The van der Waals surface area contributed by atoms with Crippen molar-refractivity contribution >= 4 is 36.2 Å². The van der Waals surface area contributed by atoms with Gasteiger partial charge < -0.3 is 9.88 Å². The first-order chi connectivity index (χ1) is 11.4. The van der Waals surface area contributed by atoms with Gasteiger partial charge in [0.2, 0.25) is 0 Å². The molecule has 25 heavy (non-hydrogen) atoms. The van der Waals surface area contributed by atoms with Crippen LogP contribution in [-0.2, 0) is 13.1 Å². The van der Waals surface area contributed by atoms with E-state index in [-0.39, 0.29) is 24.8 Å². The van der Waals surface area contributed by atoms with Gasteiger partial charge in [0, 0.05) is 30.4 Å². The first-order valence-corrected chi connectivity index (χ1v) is 9.09. The Morgan fingerprint density at radius 3 is 3.00 bits per heavy atom. The number of fused-ring (bicyclic) bond motifs is 1. The van der Waals surface area contributed by atoms with Gasteiger partial charge in [-0.2, -0.15) is 5.10 Å². The molecule has 0 fully saturated rings. The summed E-state index contributed by atoms with van der Waals surface area (Å²) in [5.74, 6) is 0.964. The molecule has 4 heterocycles. The predicted octanol–water partition coefficient (Wildman–Crippen LogP) is 4.14.